The summed E-state index contributed by atoms with van der Waals surface area (Å²) in [6, 6.07) is 11.1. The molecule has 26 heavy (non-hydrogen) atoms. The fraction of sp³-hybridized carbons (Fsp3) is 0.696. The van der Waals surface area contributed by atoms with Crippen molar-refractivity contribution in [3.05, 3.63) is 35.9 Å². The normalized spacial score (nSPS) is 38.6. The number of hydrogen-bond acceptors (Lipinski definition) is 2. The zero-order valence-corrected chi connectivity index (χ0v) is 15.8. The Morgan fingerprint density at radius 2 is 1.69 bits per heavy atom. The van der Waals surface area contributed by atoms with Gasteiger partial charge in [0.15, 0.2) is 0 Å². The molecule has 140 valence electrons. The molecule has 0 unspecified atom stereocenters. The minimum Gasteiger partial charge on any atom is -0.352 e. The van der Waals surface area contributed by atoms with Gasteiger partial charge in [-0.3, -0.25) is 4.79 Å². The molecular formula is C23H32N2O. The van der Waals surface area contributed by atoms with E-state index in [4.69, 9.17) is 0 Å². The molecule has 0 spiro atoms. The number of carbonyl (C=O) groups excluding carboxylic acids is 1. The summed E-state index contributed by atoms with van der Waals surface area (Å²) in [7, 11) is 0. The van der Waals surface area contributed by atoms with Crippen molar-refractivity contribution in [3.8, 4) is 0 Å². The molecule has 5 aliphatic rings. The largest absolute Gasteiger partial charge is 0.352 e. The topological polar surface area (TPSA) is 32.3 Å². The third kappa shape index (κ3) is 3.19. The number of hydrogen-bond donors (Lipinski definition) is 1. The van der Waals surface area contributed by atoms with E-state index in [-0.39, 0.29) is 5.41 Å². The number of amides is 1. The summed E-state index contributed by atoms with van der Waals surface area (Å²) in [5, 5.41) is 3.48. The maximum Gasteiger partial charge on any atom is 0.226 e. The lowest BCUT2D eigenvalue weighted by molar-refractivity contribution is -0.146. The van der Waals surface area contributed by atoms with Gasteiger partial charge in [0, 0.05) is 31.1 Å². The lowest BCUT2D eigenvalue weighted by Gasteiger charge is -2.55. The van der Waals surface area contributed by atoms with Crippen molar-refractivity contribution in [2.45, 2.75) is 57.4 Å². The minimum absolute atomic E-state index is 0.00616. The van der Waals surface area contributed by atoms with Gasteiger partial charge in [-0.15, -0.1) is 0 Å². The minimum atomic E-state index is 0.00616. The number of rotatable bonds is 5. The molecule has 1 atom stereocenters. The molecular weight excluding hydrogens is 320 g/mol. The lowest BCUT2D eigenvalue weighted by Crippen LogP contribution is -2.55. The van der Waals surface area contributed by atoms with E-state index in [2.05, 4.69) is 40.5 Å². The second-order valence-corrected chi connectivity index (χ2v) is 9.69. The predicted molar refractivity (Wildman–Crippen MR) is 104 cm³/mol. The summed E-state index contributed by atoms with van der Waals surface area (Å²) in [5.41, 5.74) is 1.42. The number of nitrogens with zero attached hydrogens (tertiary/aromatic N) is 1. The van der Waals surface area contributed by atoms with Crippen molar-refractivity contribution in [2.75, 3.05) is 19.6 Å². The Balaban J connectivity index is 1.14. The highest BCUT2D eigenvalue weighted by Gasteiger charge is 2.54. The van der Waals surface area contributed by atoms with Gasteiger partial charge in [0.2, 0.25) is 5.91 Å². The molecule has 0 aromatic heterocycles. The van der Waals surface area contributed by atoms with E-state index >= 15 is 0 Å². The number of benzene rings is 1. The van der Waals surface area contributed by atoms with E-state index in [1.807, 2.05) is 0 Å². The van der Waals surface area contributed by atoms with Crippen molar-refractivity contribution in [2.24, 2.45) is 23.2 Å². The smallest absolute Gasteiger partial charge is 0.226 e. The predicted octanol–water partition coefficient (Wildman–Crippen LogP) is 3.64. The van der Waals surface area contributed by atoms with E-state index in [0.29, 0.717) is 11.9 Å². The molecule has 1 aromatic carbocycles. The van der Waals surface area contributed by atoms with Crippen LogP contribution in [0.3, 0.4) is 0 Å². The van der Waals surface area contributed by atoms with E-state index < -0.39 is 0 Å². The highest BCUT2D eigenvalue weighted by Crippen LogP contribution is 2.60. The quantitative estimate of drug-likeness (QED) is 0.877. The average molecular weight is 353 g/mol. The number of carbonyl (C=O) groups is 1. The van der Waals surface area contributed by atoms with Gasteiger partial charge in [-0.2, -0.15) is 0 Å². The molecule has 3 heteroatoms. The highest BCUT2D eigenvalue weighted by atomic mass is 16.2. The standard InChI is InChI=1S/C23H32N2O/c26-22(23-13-18-10-19(14-23)12-20(11-18)15-23)24-21-7-9-25(16-21)8-6-17-4-2-1-3-5-17/h1-5,18-21H,6-16H2,(H,24,26)/t18?,19?,20?,21-,23?/m1/s1. The summed E-state index contributed by atoms with van der Waals surface area (Å²) < 4.78 is 0. The third-order valence-electron chi connectivity index (χ3n) is 7.69. The van der Waals surface area contributed by atoms with Crippen molar-refractivity contribution in [1.29, 1.82) is 0 Å². The zero-order valence-electron chi connectivity index (χ0n) is 15.8. The molecule has 6 rings (SSSR count). The molecule has 4 bridgehead atoms. The Morgan fingerprint density at radius 1 is 1.04 bits per heavy atom. The third-order valence-corrected chi connectivity index (χ3v) is 7.69. The lowest BCUT2D eigenvalue weighted by atomic mass is 9.49. The Hall–Kier alpha value is -1.35. The van der Waals surface area contributed by atoms with Crippen LogP contribution in [0.2, 0.25) is 0 Å². The fourth-order valence-electron chi connectivity index (χ4n) is 6.81. The molecule has 1 N–H and O–H groups in total. The molecule has 0 radical (unpaired) electrons. The number of likely N-dealkylation sites (tertiary alicyclic amines) is 1. The van der Waals surface area contributed by atoms with Crippen molar-refractivity contribution in [3.63, 3.8) is 0 Å². The Morgan fingerprint density at radius 3 is 2.35 bits per heavy atom. The van der Waals surface area contributed by atoms with E-state index in [1.165, 1.54) is 44.1 Å². The zero-order chi connectivity index (χ0) is 17.6. The van der Waals surface area contributed by atoms with Crippen LogP contribution in [0.4, 0.5) is 0 Å². The average Bonchev–Trinajstić information content (AvgIpc) is 3.07. The van der Waals surface area contributed by atoms with Crippen LogP contribution in [-0.2, 0) is 11.2 Å². The van der Waals surface area contributed by atoms with Crippen LogP contribution in [0.25, 0.3) is 0 Å². The van der Waals surface area contributed by atoms with Gasteiger partial charge in [-0.05, 0) is 74.7 Å². The van der Waals surface area contributed by atoms with Gasteiger partial charge in [0.05, 0.1) is 0 Å². The SMILES string of the molecule is O=C(N[C@@H]1CCN(CCc2ccccc2)C1)C12CC3CC(CC(C3)C1)C2. The van der Waals surface area contributed by atoms with Gasteiger partial charge >= 0.3 is 0 Å². The van der Waals surface area contributed by atoms with E-state index in [1.54, 1.807) is 0 Å². The maximum atomic E-state index is 13.2. The Kier molecular flexibility index (Phi) is 4.31. The first-order chi connectivity index (χ1) is 12.7. The Bertz CT molecular complexity index is 620. The summed E-state index contributed by atoms with van der Waals surface area (Å²) in [6.45, 7) is 3.26. The van der Waals surface area contributed by atoms with Gasteiger partial charge in [-0.1, -0.05) is 30.3 Å². The summed E-state index contributed by atoms with van der Waals surface area (Å²) >= 11 is 0. The molecule has 4 aliphatic carbocycles. The van der Waals surface area contributed by atoms with E-state index in [9.17, 15) is 4.79 Å². The van der Waals surface area contributed by atoms with Crippen LogP contribution in [0.15, 0.2) is 30.3 Å². The summed E-state index contributed by atoms with van der Waals surface area (Å²) in [6.07, 6.45) is 9.97. The molecule has 4 saturated carbocycles. The van der Waals surface area contributed by atoms with Crippen LogP contribution < -0.4 is 5.32 Å². The van der Waals surface area contributed by atoms with Crippen LogP contribution in [0.5, 0.6) is 0 Å². The summed E-state index contributed by atoms with van der Waals surface area (Å²) in [4.78, 5) is 15.7. The molecule has 5 fully saturated rings. The molecule has 1 amide bonds. The van der Waals surface area contributed by atoms with E-state index in [0.717, 1.165) is 50.2 Å². The fourth-order valence-corrected chi connectivity index (χ4v) is 6.81. The van der Waals surface area contributed by atoms with Gasteiger partial charge < -0.3 is 10.2 Å². The van der Waals surface area contributed by atoms with Gasteiger partial charge in [-0.25, -0.2) is 0 Å². The van der Waals surface area contributed by atoms with Gasteiger partial charge in [0.25, 0.3) is 0 Å². The molecule has 1 aliphatic heterocycles. The highest BCUT2D eigenvalue weighted by molar-refractivity contribution is 5.83. The molecule has 3 nitrogen and oxygen atoms in total. The maximum absolute atomic E-state index is 13.2. The molecule has 1 aromatic rings. The Labute approximate surface area is 157 Å². The molecule has 1 saturated heterocycles. The first-order valence-electron chi connectivity index (χ1n) is 10.8. The van der Waals surface area contributed by atoms with Crippen LogP contribution in [0, 0.1) is 23.2 Å². The first-order valence-corrected chi connectivity index (χ1v) is 10.8. The van der Waals surface area contributed by atoms with Crippen molar-refractivity contribution < 1.29 is 4.79 Å². The second kappa shape index (κ2) is 6.67. The summed E-state index contributed by atoms with van der Waals surface area (Å²) in [5.74, 6) is 2.94. The van der Waals surface area contributed by atoms with Crippen LogP contribution in [-0.4, -0.2) is 36.5 Å². The van der Waals surface area contributed by atoms with Crippen LogP contribution in [0.1, 0.15) is 50.5 Å². The first kappa shape index (κ1) is 16.8. The van der Waals surface area contributed by atoms with Crippen LogP contribution >= 0.6 is 0 Å². The monoisotopic (exact) mass is 352 g/mol. The molecule has 1 heterocycles. The number of nitrogens with one attached hydrogen (secondary N) is 1. The van der Waals surface area contributed by atoms with Crippen molar-refractivity contribution in [1.82, 2.24) is 10.2 Å². The van der Waals surface area contributed by atoms with Gasteiger partial charge in [0.1, 0.15) is 0 Å². The second-order valence-electron chi connectivity index (χ2n) is 9.69. The van der Waals surface area contributed by atoms with Crippen molar-refractivity contribution >= 4 is 5.91 Å².